The molecule has 0 heterocycles. The van der Waals surface area contributed by atoms with Crippen LogP contribution in [-0.2, 0) is 14.3 Å². The number of ether oxygens (including phenoxy) is 1. The minimum atomic E-state index is -0.775. The second-order valence-electron chi connectivity index (χ2n) is 3.89. The number of benzene rings is 1. The number of thioether (sulfide) groups is 1. The molecule has 0 bridgehead atoms. The molecule has 1 aromatic carbocycles. The Kier molecular flexibility index (Phi) is 6.75. The molecule has 20 heavy (non-hydrogen) atoms. The third-order valence-corrected chi connectivity index (χ3v) is 3.38. The molecule has 0 saturated heterocycles. The largest absolute Gasteiger partial charge is 0.468 e. The van der Waals surface area contributed by atoms with Crippen molar-refractivity contribution in [2.75, 3.05) is 18.6 Å². The highest BCUT2D eigenvalue weighted by atomic mass is 32.2. The number of carbonyl (C=O) groups excluding carboxylic acids is 3. The average Bonchev–Trinajstić information content (AvgIpc) is 2.47. The average molecular weight is 296 g/mol. The van der Waals surface area contributed by atoms with Gasteiger partial charge in [-0.05, 0) is 12.1 Å². The predicted molar refractivity (Wildman–Crippen MR) is 76.2 cm³/mol. The van der Waals surface area contributed by atoms with Crippen LogP contribution in [0.1, 0.15) is 10.4 Å². The van der Waals surface area contributed by atoms with E-state index in [2.05, 4.69) is 10.1 Å². The van der Waals surface area contributed by atoms with E-state index in [0.29, 0.717) is 5.56 Å². The molecule has 0 aliphatic heterocycles. The molecular weight excluding hydrogens is 280 g/mol. The fourth-order valence-corrected chi connectivity index (χ4v) is 2.09. The highest BCUT2D eigenvalue weighted by Crippen LogP contribution is 2.03. The summed E-state index contributed by atoms with van der Waals surface area (Å²) >= 11 is 1.16. The smallest absolute Gasteiger partial charge is 0.323 e. The van der Waals surface area contributed by atoms with Crippen LogP contribution < -0.4 is 11.1 Å². The molecule has 0 aromatic heterocycles. The minimum Gasteiger partial charge on any atom is -0.468 e. The number of imide groups is 1. The predicted octanol–water partition coefficient (Wildman–Crippen LogP) is 0.177. The standard InChI is InChI=1S/C13H16N2O4S/c1-19-13(18)10(14)7-20-8-11(16)15-12(17)9-5-3-2-4-6-9/h2-6,10H,7-8,14H2,1H3,(H,15,16,17). The lowest BCUT2D eigenvalue weighted by Crippen LogP contribution is -2.35. The van der Waals surface area contributed by atoms with Gasteiger partial charge in [-0.3, -0.25) is 19.7 Å². The maximum atomic E-state index is 11.7. The van der Waals surface area contributed by atoms with Gasteiger partial charge in [0.1, 0.15) is 6.04 Å². The van der Waals surface area contributed by atoms with Crippen LogP contribution in [0.5, 0.6) is 0 Å². The molecule has 1 aromatic rings. The molecule has 108 valence electrons. The van der Waals surface area contributed by atoms with E-state index in [1.165, 1.54) is 7.11 Å². The van der Waals surface area contributed by atoms with Crippen LogP contribution in [0, 0.1) is 0 Å². The van der Waals surface area contributed by atoms with Crippen molar-refractivity contribution in [3.8, 4) is 0 Å². The van der Waals surface area contributed by atoms with Crippen LogP contribution >= 0.6 is 11.8 Å². The summed E-state index contributed by atoms with van der Waals surface area (Å²) in [4.78, 5) is 34.2. The maximum absolute atomic E-state index is 11.7. The van der Waals surface area contributed by atoms with Crippen LogP contribution in [-0.4, -0.2) is 42.4 Å². The van der Waals surface area contributed by atoms with Gasteiger partial charge in [0.2, 0.25) is 5.91 Å². The lowest BCUT2D eigenvalue weighted by Gasteiger charge is -2.08. The molecule has 0 spiro atoms. The topological polar surface area (TPSA) is 98.5 Å². The van der Waals surface area contributed by atoms with E-state index in [4.69, 9.17) is 5.73 Å². The highest BCUT2D eigenvalue weighted by molar-refractivity contribution is 8.00. The van der Waals surface area contributed by atoms with Crippen LogP contribution in [0.25, 0.3) is 0 Å². The van der Waals surface area contributed by atoms with Gasteiger partial charge >= 0.3 is 5.97 Å². The Hall–Kier alpha value is -1.86. The van der Waals surface area contributed by atoms with Crippen molar-refractivity contribution in [3.63, 3.8) is 0 Å². The Labute approximate surface area is 121 Å². The van der Waals surface area contributed by atoms with Gasteiger partial charge in [-0.1, -0.05) is 18.2 Å². The Bertz CT molecular complexity index is 479. The summed E-state index contributed by atoms with van der Waals surface area (Å²) in [5.74, 6) is -1.12. The van der Waals surface area contributed by atoms with Crippen molar-refractivity contribution in [1.29, 1.82) is 0 Å². The number of hydrogen-bond donors (Lipinski definition) is 2. The number of amides is 2. The van der Waals surface area contributed by atoms with Gasteiger partial charge in [0.25, 0.3) is 5.91 Å². The van der Waals surface area contributed by atoms with Gasteiger partial charge in [0.15, 0.2) is 0 Å². The first-order chi connectivity index (χ1) is 9.54. The Morgan fingerprint density at radius 1 is 1.30 bits per heavy atom. The monoisotopic (exact) mass is 296 g/mol. The van der Waals surface area contributed by atoms with E-state index >= 15 is 0 Å². The van der Waals surface area contributed by atoms with Gasteiger partial charge in [0, 0.05) is 11.3 Å². The number of methoxy groups -OCH3 is 1. The van der Waals surface area contributed by atoms with E-state index in [0.717, 1.165) is 11.8 Å². The number of rotatable bonds is 6. The lowest BCUT2D eigenvalue weighted by molar-refractivity contribution is -0.141. The van der Waals surface area contributed by atoms with Crippen LogP contribution in [0.4, 0.5) is 0 Å². The Morgan fingerprint density at radius 2 is 1.95 bits per heavy atom. The van der Waals surface area contributed by atoms with E-state index in [9.17, 15) is 14.4 Å². The van der Waals surface area contributed by atoms with Crippen molar-refractivity contribution in [1.82, 2.24) is 5.32 Å². The summed E-state index contributed by atoms with van der Waals surface area (Å²) in [6.07, 6.45) is 0. The zero-order valence-electron chi connectivity index (χ0n) is 11.0. The van der Waals surface area contributed by atoms with Crippen LogP contribution in [0.3, 0.4) is 0 Å². The fourth-order valence-electron chi connectivity index (χ4n) is 1.32. The summed E-state index contributed by atoms with van der Waals surface area (Å²) < 4.78 is 4.46. The Balaban J connectivity index is 2.31. The molecule has 0 saturated carbocycles. The molecule has 0 radical (unpaired) electrons. The van der Waals surface area contributed by atoms with E-state index < -0.39 is 23.8 Å². The molecule has 7 heteroatoms. The Morgan fingerprint density at radius 3 is 2.55 bits per heavy atom. The number of nitrogens with one attached hydrogen (secondary N) is 1. The van der Waals surface area contributed by atoms with Crippen molar-refractivity contribution < 1.29 is 19.1 Å². The third kappa shape index (κ3) is 5.41. The lowest BCUT2D eigenvalue weighted by atomic mass is 10.2. The van der Waals surface area contributed by atoms with Gasteiger partial charge in [0.05, 0.1) is 12.9 Å². The molecule has 2 amide bonds. The van der Waals surface area contributed by atoms with Gasteiger partial charge in [-0.15, -0.1) is 11.8 Å². The molecule has 0 aliphatic carbocycles. The van der Waals surface area contributed by atoms with Crippen LogP contribution in [0.15, 0.2) is 30.3 Å². The number of nitrogens with two attached hydrogens (primary N) is 1. The van der Waals surface area contributed by atoms with E-state index in [1.807, 2.05) is 0 Å². The van der Waals surface area contributed by atoms with E-state index in [-0.39, 0.29) is 11.5 Å². The number of esters is 1. The molecule has 0 fully saturated rings. The highest BCUT2D eigenvalue weighted by Gasteiger charge is 2.15. The molecular formula is C13H16N2O4S. The molecule has 6 nitrogen and oxygen atoms in total. The summed E-state index contributed by atoms with van der Waals surface area (Å²) in [7, 11) is 1.25. The summed E-state index contributed by atoms with van der Waals surface area (Å²) in [6, 6.07) is 7.66. The minimum absolute atomic E-state index is 0.0449. The second-order valence-corrected chi connectivity index (χ2v) is 4.92. The van der Waals surface area contributed by atoms with Gasteiger partial charge in [-0.25, -0.2) is 0 Å². The van der Waals surface area contributed by atoms with Gasteiger partial charge < -0.3 is 10.5 Å². The molecule has 3 N–H and O–H groups in total. The van der Waals surface area contributed by atoms with Crippen molar-refractivity contribution in [3.05, 3.63) is 35.9 Å². The summed E-state index contributed by atoms with van der Waals surface area (Å²) in [6.45, 7) is 0. The van der Waals surface area contributed by atoms with Crippen molar-refractivity contribution >= 4 is 29.5 Å². The van der Waals surface area contributed by atoms with Crippen molar-refractivity contribution in [2.24, 2.45) is 5.73 Å². The SMILES string of the molecule is COC(=O)C(N)CSCC(=O)NC(=O)c1ccccc1. The zero-order chi connectivity index (χ0) is 15.0. The molecule has 0 aliphatic rings. The fraction of sp³-hybridized carbons (Fsp3) is 0.308. The molecule has 1 atom stereocenters. The maximum Gasteiger partial charge on any atom is 0.323 e. The van der Waals surface area contributed by atoms with Crippen molar-refractivity contribution in [2.45, 2.75) is 6.04 Å². The quantitative estimate of drug-likeness (QED) is 0.726. The second kappa shape index (κ2) is 8.34. The third-order valence-electron chi connectivity index (χ3n) is 2.32. The summed E-state index contributed by atoms with van der Waals surface area (Å²) in [5.41, 5.74) is 5.93. The number of carbonyl (C=O) groups is 3. The molecule has 1 unspecified atom stereocenters. The first-order valence-corrected chi connectivity index (χ1v) is 7.00. The first-order valence-electron chi connectivity index (χ1n) is 5.85. The van der Waals surface area contributed by atoms with Gasteiger partial charge in [-0.2, -0.15) is 0 Å². The van der Waals surface area contributed by atoms with Crippen LogP contribution in [0.2, 0.25) is 0 Å². The van der Waals surface area contributed by atoms with E-state index in [1.54, 1.807) is 30.3 Å². The zero-order valence-corrected chi connectivity index (χ0v) is 11.8. The normalized spacial score (nSPS) is 11.5. The number of hydrogen-bond acceptors (Lipinski definition) is 6. The molecule has 1 rings (SSSR count). The first kappa shape index (κ1) is 16.2. The summed E-state index contributed by atoms with van der Waals surface area (Å²) in [5, 5.41) is 2.26.